The maximum absolute atomic E-state index is 9.39. The summed E-state index contributed by atoms with van der Waals surface area (Å²) < 4.78 is 0. The minimum atomic E-state index is 0.237. The first-order chi connectivity index (χ1) is 10.3. The lowest BCUT2D eigenvalue weighted by Crippen LogP contribution is -1.82. The third kappa shape index (κ3) is 1.93. The lowest BCUT2D eigenvalue weighted by Gasteiger charge is -2.00. The number of aromatic hydroxyl groups is 1. The summed E-state index contributed by atoms with van der Waals surface area (Å²) in [5, 5.41) is 24.5. The van der Waals surface area contributed by atoms with E-state index >= 15 is 0 Å². The third-order valence-corrected chi connectivity index (χ3v) is 3.39. The van der Waals surface area contributed by atoms with E-state index in [-0.39, 0.29) is 5.75 Å². The normalized spacial score (nSPS) is 11.0. The molecule has 0 saturated carbocycles. The predicted octanol–water partition coefficient (Wildman–Crippen LogP) is 2.72. The van der Waals surface area contributed by atoms with Crippen LogP contribution in [0.15, 0.2) is 48.8 Å². The van der Waals surface area contributed by atoms with Crippen molar-refractivity contribution in [1.82, 2.24) is 25.4 Å². The lowest BCUT2D eigenvalue weighted by atomic mass is 10.1. The fraction of sp³-hybridized carbons (Fsp3) is 0. The summed E-state index contributed by atoms with van der Waals surface area (Å²) in [4.78, 5) is 4.16. The van der Waals surface area contributed by atoms with Crippen LogP contribution in [0.3, 0.4) is 0 Å². The fourth-order valence-electron chi connectivity index (χ4n) is 2.35. The molecule has 0 spiro atoms. The first-order valence-corrected chi connectivity index (χ1v) is 6.44. The molecular formula is C15H11N5O. The summed E-state index contributed by atoms with van der Waals surface area (Å²) >= 11 is 0. The van der Waals surface area contributed by atoms with Crippen LogP contribution < -0.4 is 0 Å². The number of hydrogen-bond donors (Lipinski definition) is 3. The number of hydrogen-bond acceptors (Lipinski definition) is 4. The molecular weight excluding hydrogens is 266 g/mol. The molecule has 2 aromatic carbocycles. The molecule has 4 rings (SSSR count). The molecule has 0 amide bonds. The SMILES string of the molecule is Oc1ccc(-c2n[nH]c3ccc(-c4ncn[nH]4)cc23)cc1. The number of rotatable bonds is 2. The van der Waals surface area contributed by atoms with Gasteiger partial charge in [-0.2, -0.15) is 10.2 Å². The molecule has 0 atom stereocenters. The van der Waals surface area contributed by atoms with Gasteiger partial charge >= 0.3 is 0 Å². The van der Waals surface area contributed by atoms with E-state index in [9.17, 15) is 5.11 Å². The van der Waals surface area contributed by atoms with Gasteiger partial charge in [0.25, 0.3) is 0 Å². The Balaban J connectivity index is 1.90. The molecule has 0 fully saturated rings. The summed E-state index contributed by atoms with van der Waals surface area (Å²) in [6.45, 7) is 0. The second-order valence-corrected chi connectivity index (χ2v) is 4.71. The van der Waals surface area contributed by atoms with Crippen molar-refractivity contribution in [1.29, 1.82) is 0 Å². The number of phenols is 1. The molecule has 0 bridgehead atoms. The predicted molar refractivity (Wildman–Crippen MR) is 78.6 cm³/mol. The zero-order valence-electron chi connectivity index (χ0n) is 10.9. The Morgan fingerprint density at radius 1 is 0.905 bits per heavy atom. The van der Waals surface area contributed by atoms with Gasteiger partial charge in [-0.3, -0.25) is 10.2 Å². The summed E-state index contributed by atoms with van der Waals surface area (Å²) in [5.74, 6) is 0.954. The molecule has 102 valence electrons. The molecule has 3 N–H and O–H groups in total. The molecule has 0 aliphatic heterocycles. The molecule has 0 aliphatic rings. The Morgan fingerprint density at radius 3 is 2.48 bits per heavy atom. The highest BCUT2D eigenvalue weighted by molar-refractivity contribution is 5.95. The first kappa shape index (κ1) is 11.7. The summed E-state index contributed by atoms with van der Waals surface area (Å²) in [5.41, 5.74) is 3.67. The Kier molecular flexibility index (Phi) is 2.47. The fourth-order valence-corrected chi connectivity index (χ4v) is 2.35. The molecule has 6 nitrogen and oxygen atoms in total. The Morgan fingerprint density at radius 2 is 1.71 bits per heavy atom. The van der Waals surface area contributed by atoms with Crippen LogP contribution in [-0.2, 0) is 0 Å². The quantitative estimate of drug-likeness (QED) is 0.525. The summed E-state index contributed by atoms with van der Waals surface area (Å²) in [6.07, 6.45) is 1.48. The van der Waals surface area contributed by atoms with Crippen molar-refractivity contribution in [2.45, 2.75) is 0 Å². The number of H-pyrrole nitrogens is 2. The first-order valence-electron chi connectivity index (χ1n) is 6.44. The van der Waals surface area contributed by atoms with Gasteiger partial charge in [-0.05, 0) is 42.5 Å². The number of nitrogens with one attached hydrogen (secondary N) is 2. The molecule has 4 aromatic rings. The highest BCUT2D eigenvalue weighted by atomic mass is 16.3. The summed E-state index contributed by atoms with van der Waals surface area (Å²) in [6, 6.07) is 12.9. The van der Waals surface area contributed by atoms with E-state index in [1.807, 2.05) is 30.3 Å². The van der Waals surface area contributed by atoms with E-state index in [2.05, 4.69) is 25.4 Å². The van der Waals surface area contributed by atoms with Crippen LogP contribution in [0.4, 0.5) is 0 Å². The van der Waals surface area contributed by atoms with Crippen molar-refractivity contribution < 1.29 is 5.11 Å². The number of aromatic nitrogens is 5. The standard InChI is InChI=1S/C15H11N5O/c21-11-4-1-9(2-5-11)14-12-7-10(15-16-8-17-20-15)3-6-13(12)18-19-14/h1-8,21H,(H,18,19)(H,16,17,20). The molecule has 2 heterocycles. The molecule has 0 unspecified atom stereocenters. The monoisotopic (exact) mass is 277 g/mol. The molecule has 0 radical (unpaired) electrons. The number of benzene rings is 2. The van der Waals surface area contributed by atoms with Crippen LogP contribution in [-0.4, -0.2) is 30.5 Å². The van der Waals surface area contributed by atoms with Gasteiger partial charge in [0.15, 0.2) is 5.82 Å². The third-order valence-electron chi connectivity index (χ3n) is 3.39. The number of aromatic amines is 2. The van der Waals surface area contributed by atoms with Crippen molar-refractivity contribution in [2.24, 2.45) is 0 Å². The van der Waals surface area contributed by atoms with Gasteiger partial charge in [-0.15, -0.1) is 0 Å². The molecule has 2 aromatic heterocycles. The zero-order valence-corrected chi connectivity index (χ0v) is 10.9. The minimum absolute atomic E-state index is 0.237. The van der Waals surface area contributed by atoms with Gasteiger partial charge in [-0.1, -0.05) is 0 Å². The topological polar surface area (TPSA) is 90.5 Å². The van der Waals surface area contributed by atoms with Crippen molar-refractivity contribution in [3.05, 3.63) is 48.8 Å². The molecule has 21 heavy (non-hydrogen) atoms. The molecule has 0 aliphatic carbocycles. The van der Waals surface area contributed by atoms with Gasteiger partial charge in [-0.25, -0.2) is 4.98 Å². The maximum atomic E-state index is 9.39. The van der Waals surface area contributed by atoms with Crippen molar-refractivity contribution >= 4 is 10.9 Å². The van der Waals surface area contributed by atoms with Crippen LogP contribution in [0.25, 0.3) is 33.5 Å². The van der Waals surface area contributed by atoms with Crippen LogP contribution in [0.5, 0.6) is 5.75 Å². The Bertz CT molecular complexity index is 894. The second-order valence-electron chi connectivity index (χ2n) is 4.71. The van der Waals surface area contributed by atoms with Crippen molar-refractivity contribution in [2.75, 3.05) is 0 Å². The smallest absolute Gasteiger partial charge is 0.155 e. The van der Waals surface area contributed by atoms with Gasteiger partial charge < -0.3 is 5.11 Å². The Labute approximate surface area is 119 Å². The van der Waals surface area contributed by atoms with Crippen LogP contribution in [0.2, 0.25) is 0 Å². The summed E-state index contributed by atoms with van der Waals surface area (Å²) in [7, 11) is 0. The average Bonchev–Trinajstić information content (AvgIpc) is 3.17. The van der Waals surface area contributed by atoms with E-state index in [0.717, 1.165) is 33.5 Å². The zero-order chi connectivity index (χ0) is 14.2. The van der Waals surface area contributed by atoms with Crippen LogP contribution >= 0.6 is 0 Å². The van der Waals surface area contributed by atoms with Crippen LogP contribution in [0, 0.1) is 0 Å². The van der Waals surface area contributed by atoms with Gasteiger partial charge in [0.1, 0.15) is 12.1 Å². The van der Waals surface area contributed by atoms with E-state index in [1.54, 1.807) is 12.1 Å². The van der Waals surface area contributed by atoms with Crippen molar-refractivity contribution in [3.63, 3.8) is 0 Å². The lowest BCUT2D eigenvalue weighted by molar-refractivity contribution is 0.475. The van der Waals surface area contributed by atoms with E-state index in [4.69, 9.17) is 0 Å². The second kappa shape index (κ2) is 4.45. The van der Waals surface area contributed by atoms with Crippen molar-refractivity contribution in [3.8, 4) is 28.4 Å². The highest BCUT2D eigenvalue weighted by Gasteiger charge is 2.10. The largest absolute Gasteiger partial charge is 0.508 e. The maximum Gasteiger partial charge on any atom is 0.155 e. The van der Waals surface area contributed by atoms with E-state index < -0.39 is 0 Å². The highest BCUT2D eigenvalue weighted by Crippen LogP contribution is 2.30. The van der Waals surface area contributed by atoms with Gasteiger partial charge in [0.05, 0.1) is 11.2 Å². The minimum Gasteiger partial charge on any atom is -0.508 e. The van der Waals surface area contributed by atoms with E-state index in [0.29, 0.717) is 0 Å². The Hall–Kier alpha value is -3.15. The molecule has 0 saturated heterocycles. The number of nitrogens with zero attached hydrogens (tertiary/aromatic N) is 3. The van der Waals surface area contributed by atoms with E-state index in [1.165, 1.54) is 6.33 Å². The number of fused-ring (bicyclic) bond motifs is 1. The average molecular weight is 277 g/mol. The van der Waals surface area contributed by atoms with Gasteiger partial charge in [0, 0.05) is 16.5 Å². The van der Waals surface area contributed by atoms with Crippen LogP contribution in [0.1, 0.15) is 0 Å². The molecule has 6 heteroatoms. The van der Waals surface area contributed by atoms with Gasteiger partial charge in [0.2, 0.25) is 0 Å². The number of phenolic OH excluding ortho intramolecular Hbond substituents is 1.